The van der Waals surface area contributed by atoms with E-state index in [1.807, 2.05) is 23.9 Å². The van der Waals surface area contributed by atoms with Gasteiger partial charge in [-0.3, -0.25) is 10.1 Å². The van der Waals surface area contributed by atoms with Gasteiger partial charge in [-0.2, -0.15) is 11.8 Å². The van der Waals surface area contributed by atoms with Crippen LogP contribution >= 0.6 is 45.7 Å². The smallest absolute Gasteiger partial charge is 0.257 e. The average Bonchev–Trinajstić information content (AvgIpc) is 2.92. The molecule has 0 aliphatic heterocycles. The number of hydrogen-bond acceptors (Lipinski definition) is 6. The van der Waals surface area contributed by atoms with Crippen LogP contribution < -0.4 is 10.6 Å². The molecule has 112 valence electrons. The van der Waals surface area contributed by atoms with Gasteiger partial charge in [-0.25, -0.2) is 0 Å². The van der Waals surface area contributed by atoms with Gasteiger partial charge in [-0.05, 0) is 52.6 Å². The number of aromatic nitrogens is 2. The highest BCUT2D eigenvalue weighted by Crippen LogP contribution is 2.20. The molecule has 0 radical (unpaired) electrons. The lowest BCUT2D eigenvalue weighted by Gasteiger charge is -2.01. The molecule has 0 aliphatic rings. The maximum absolute atomic E-state index is 12.0. The number of amides is 1. The van der Waals surface area contributed by atoms with Crippen LogP contribution in [0.15, 0.2) is 24.3 Å². The van der Waals surface area contributed by atoms with Crippen LogP contribution in [0.5, 0.6) is 0 Å². The van der Waals surface area contributed by atoms with Gasteiger partial charge in [0.05, 0.1) is 0 Å². The number of hydrogen-bond donors (Lipinski definition) is 2. The van der Waals surface area contributed by atoms with Crippen molar-refractivity contribution in [2.24, 2.45) is 0 Å². The van der Waals surface area contributed by atoms with Crippen LogP contribution in [-0.2, 0) is 0 Å². The summed E-state index contributed by atoms with van der Waals surface area (Å²) in [5, 5.41) is 15.2. The summed E-state index contributed by atoms with van der Waals surface area (Å²) < 4.78 is 1.09. The number of nitrogens with zero attached hydrogens (tertiary/aromatic N) is 2. The van der Waals surface area contributed by atoms with E-state index in [1.54, 1.807) is 12.1 Å². The molecule has 1 heterocycles. The predicted octanol–water partition coefficient (Wildman–Crippen LogP) is 3.56. The van der Waals surface area contributed by atoms with Crippen LogP contribution in [0.1, 0.15) is 17.3 Å². The largest absolute Gasteiger partial charge is 0.359 e. The third-order valence-electron chi connectivity index (χ3n) is 2.48. The van der Waals surface area contributed by atoms with Crippen LogP contribution in [0.2, 0.25) is 0 Å². The summed E-state index contributed by atoms with van der Waals surface area (Å²) in [7, 11) is 0. The number of carbonyl (C=O) groups is 1. The van der Waals surface area contributed by atoms with Gasteiger partial charge in [-0.15, -0.1) is 10.2 Å². The number of thioether (sulfide) groups is 1. The number of anilines is 2. The Kier molecular flexibility index (Phi) is 6.71. The van der Waals surface area contributed by atoms with Crippen molar-refractivity contribution in [3.8, 4) is 0 Å². The van der Waals surface area contributed by atoms with E-state index in [1.165, 1.54) is 11.3 Å². The normalized spacial score (nSPS) is 10.4. The SMILES string of the molecule is CCSCCNc1nnc(NC(=O)c2ccc(I)cc2)s1. The Balaban J connectivity index is 1.87. The zero-order valence-electron chi connectivity index (χ0n) is 11.4. The van der Waals surface area contributed by atoms with Gasteiger partial charge < -0.3 is 5.32 Å². The van der Waals surface area contributed by atoms with Gasteiger partial charge in [0, 0.05) is 21.4 Å². The monoisotopic (exact) mass is 434 g/mol. The third kappa shape index (κ3) is 5.44. The minimum Gasteiger partial charge on any atom is -0.359 e. The minimum absolute atomic E-state index is 0.171. The molecular formula is C13H15IN4OS2. The van der Waals surface area contributed by atoms with E-state index in [0.717, 1.165) is 26.8 Å². The van der Waals surface area contributed by atoms with Crippen molar-refractivity contribution in [1.82, 2.24) is 10.2 Å². The lowest BCUT2D eigenvalue weighted by atomic mass is 10.2. The molecule has 2 rings (SSSR count). The van der Waals surface area contributed by atoms with Crippen LogP contribution in [0.3, 0.4) is 0 Å². The Morgan fingerprint density at radius 3 is 2.71 bits per heavy atom. The maximum atomic E-state index is 12.0. The molecule has 2 aromatic rings. The fraction of sp³-hybridized carbons (Fsp3) is 0.308. The quantitative estimate of drug-likeness (QED) is 0.516. The molecule has 0 saturated carbocycles. The molecular weight excluding hydrogens is 419 g/mol. The fourth-order valence-electron chi connectivity index (χ4n) is 1.49. The summed E-state index contributed by atoms with van der Waals surface area (Å²) in [6, 6.07) is 7.38. The first kappa shape index (κ1) is 16.5. The van der Waals surface area contributed by atoms with Crippen LogP contribution in [0.25, 0.3) is 0 Å². The maximum Gasteiger partial charge on any atom is 0.257 e. The van der Waals surface area contributed by atoms with E-state index in [-0.39, 0.29) is 5.91 Å². The van der Waals surface area contributed by atoms with Crippen molar-refractivity contribution in [2.45, 2.75) is 6.92 Å². The summed E-state index contributed by atoms with van der Waals surface area (Å²) in [4.78, 5) is 12.0. The van der Waals surface area contributed by atoms with Crippen molar-refractivity contribution < 1.29 is 4.79 Å². The molecule has 0 atom stereocenters. The Morgan fingerprint density at radius 2 is 2.00 bits per heavy atom. The number of halogens is 1. The molecule has 5 nitrogen and oxygen atoms in total. The molecule has 2 N–H and O–H groups in total. The van der Waals surface area contributed by atoms with Crippen LogP contribution in [0, 0.1) is 3.57 Å². The second kappa shape index (κ2) is 8.54. The second-order valence-corrected chi connectivity index (χ2v) is 7.61. The first-order valence-electron chi connectivity index (χ1n) is 6.41. The predicted molar refractivity (Wildman–Crippen MR) is 98.5 cm³/mol. The van der Waals surface area contributed by atoms with E-state index in [0.29, 0.717) is 10.7 Å². The number of nitrogens with one attached hydrogen (secondary N) is 2. The molecule has 0 fully saturated rings. The number of rotatable bonds is 7. The Hall–Kier alpha value is -0.870. The topological polar surface area (TPSA) is 66.9 Å². The van der Waals surface area contributed by atoms with E-state index in [4.69, 9.17) is 0 Å². The Morgan fingerprint density at radius 1 is 1.29 bits per heavy atom. The molecule has 1 amide bonds. The number of benzene rings is 1. The van der Waals surface area contributed by atoms with Gasteiger partial charge in [0.15, 0.2) is 0 Å². The standard InChI is InChI=1S/C13H15IN4OS2/c1-2-20-8-7-15-12-17-18-13(21-12)16-11(19)9-3-5-10(14)6-4-9/h3-6H,2,7-8H2,1H3,(H,15,17)(H,16,18,19). The Labute approximate surface area is 145 Å². The minimum atomic E-state index is -0.171. The average molecular weight is 434 g/mol. The second-order valence-electron chi connectivity index (χ2n) is 4.00. The lowest BCUT2D eigenvalue weighted by molar-refractivity contribution is 0.102. The van der Waals surface area contributed by atoms with Gasteiger partial charge in [-0.1, -0.05) is 18.3 Å². The van der Waals surface area contributed by atoms with E-state index in [9.17, 15) is 4.79 Å². The zero-order valence-corrected chi connectivity index (χ0v) is 15.2. The van der Waals surface area contributed by atoms with Gasteiger partial charge in [0.2, 0.25) is 10.3 Å². The molecule has 0 unspecified atom stereocenters. The van der Waals surface area contributed by atoms with Crippen LogP contribution in [-0.4, -0.2) is 34.2 Å². The molecule has 0 spiro atoms. The van der Waals surface area contributed by atoms with Crippen molar-refractivity contribution in [3.63, 3.8) is 0 Å². The fourth-order valence-corrected chi connectivity index (χ4v) is 3.05. The van der Waals surface area contributed by atoms with Crippen LogP contribution in [0.4, 0.5) is 10.3 Å². The summed E-state index contributed by atoms with van der Waals surface area (Å²) in [5.74, 6) is 1.96. The van der Waals surface area contributed by atoms with Gasteiger partial charge >= 0.3 is 0 Å². The van der Waals surface area contributed by atoms with Crippen molar-refractivity contribution in [2.75, 3.05) is 28.7 Å². The molecule has 0 saturated heterocycles. The van der Waals surface area contributed by atoms with Gasteiger partial charge in [0.25, 0.3) is 5.91 Å². The first-order chi connectivity index (χ1) is 10.2. The summed E-state index contributed by atoms with van der Waals surface area (Å²) in [6.07, 6.45) is 0. The van der Waals surface area contributed by atoms with E-state index < -0.39 is 0 Å². The third-order valence-corrected chi connectivity index (χ3v) is 4.90. The zero-order chi connectivity index (χ0) is 15.1. The molecule has 1 aromatic heterocycles. The van der Waals surface area contributed by atoms with E-state index >= 15 is 0 Å². The highest BCUT2D eigenvalue weighted by atomic mass is 127. The van der Waals surface area contributed by atoms with Crippen molar-refractivity contribution in [1.29, 1.82) is 0 Å². The summed E-state index contributed by atoms with van der Waals surface area (Å²) >= 11 is 5.41. The molecule has 0 aliphatic carbocycles. The molecule has 8 heteroatoms. The van der Waals surface area contributed by atoms with E-state index in [2.05, 4.69) is 50.3 Å². The first-order valence-corrected chi connectivity index (χ1v) is 9.46. The molecule has 0 bridgehead atoms. The molecule has 21 heavy (non-hydrogen) atoms. The highest BCUT2D eigenvalue weighted by molar-refractivity contribution is 14.1. The van der Waals surface area contributed by atoms with Crippen molar-refractivity contribution in [3.05, 3.63) is 33.4 Å². The highest BCUT2D eigenvalue weighted by Gasteiger charge is 2.09. The Bertz CT molecular complexity index is 588. The van der Waals surface area contributed by atoms with Gasteiger partial charge in [0.1, 0.15) is 0 Å². The lowest BCUT2D eigenvalue weighted by Crippen LogP contribution is -2.11. The van der Waals surface area contributed by atoms with Crippen molar-refractivity contribution >= 4 is 61.9 Å². The summed E-state index contributed by atoms with van der Waals surface area (Å²) in [5.41, 5.74) is 0.611. The summed E-state index contributed by atoms with van der Waals surface area (Å²) in [6.45, 7) is 2.98. The number of carbonyl (C=O) groups excluding carboxylic acids is 1. The molecule has 1 aromatic carbocycles.